The highest BCUT2D eigenvalue weighted by Crippen LogP contribution is 2.38. The topological polar surface area (TPSA) is 97.2 Å². The zero-order chi connectivity index (χ0) is 21.0. The molecule has 1 heterocycles. The highest BCUT2D eigenvalue weighted by Gasteiger charge is 2.24. The molecule has 29 heavy (non-hydrogen) atoms. The largest absolute Gasteiger partial charge is 0.493 e. The fraction of sp³-hybridized carbons (Fsp3) is 0.105. The van der Waals surface area contributed by atoms with Gasteiger partial charge in [0.05, 0.1) is 22.7 Å². The van der Waals surface area contributed by atoms with Crippen molar-refractivity contribution in [3.8, 4) is 11.5 Å². The third-order valence-corrected chi connectivity index (χ3v) is 5.04. The lowest BCUT2D eigenvalue weighted by atomic mass is 10.2. The third-order valence-electron chi connectivity index (χ3n) is 3.60. The van der Waals surface area contributed by atoms with E-state index in [9.17, 15) is 9.59 Å². The summed E-state index contributed by atoms with van der Waals surface area (Å²) in [6.45, 7) is -0.556. The molecule has 1 aliphatic heterocycles. The monoisotopic (exact) mass is 452 g/mol. The predicted molar refractivity (Wildman–Crippen MR) is 113 cm³/mol. The van der Waals surface area contributed by atoms with E-state index >= 15 is 0 Å². The van der Waals surface area contributed by atoms with Crippen LogP contribution in [0.4, 0.5) is 5.69 Å². The summed E-state index contributed by atoms with van der Waals surface area (Å²) in [6, 6.07) is 10.0. The number of methoxy groups -OCH3 is 1. The number of ether oxygens (including phenoxy) is 2. The van der Waals surface area contributed by atoms with E-state index in [1.165, 1.54) is 18.9 Å². The second-order valence-corrected chi connectivity index (χ2v) is 7.55. The third kappa shape index (κ3) is 5.44. The van der Waals surface area contributed by atoms with Gasteiger partial charge >= 0.3 is 5.97 Å². The second-order valence-electron chi connectivity index (χ2n) is 5.67. The van der Waals surface area contributed by atoms with Crippen LogP contribution in [-0.2, 0) is 9.59 Å². The maximum Gasteiger partial charge on any atom is 0.341 e. The molecule has 2 N–H and O–H groups in total. The lowest BCUT2D eigenvalue weighted by Gasteiger charge is -2.12. The Labute approximate surface area is 180 Å². The van der Waals surface area contributed by atoms with Crippen molar-refractivity contribution in [2.45, 2.75) is 0 Å². The van der Waals surface area contributed by atoms with E-state index in [0.717, 1.165) is 0 Å². The maximum absolute atomic E-state index is 12.3. The molecular weight excluding hydrogens is 439 g/mol. The first-order valence-electron chi connectivity index (χ1n) is 8.13. The molecule has 1 amide bonds. The smallest absolute Gasteiger partial charge is 0.341 e. The van der Waals surface area contributed by atoms with Crippen LogP contribution in [0, 0.1) is 0 Å². The number of amidine groups is 1. The number of thioether (sulfide) groups is 1. The number of carbonyl (C=O) groups excluding carboxylic acids is 1. The Kier molecular flexibility index (Phi) is 6.68. The van der Waals surface area contributed by atoms with Gasteiger partial charge in [-0.3, -0.25) is 4.79 Å². The van der Waals surface area contributed by atoms with Crippen LogP contribution >= 0.6 is 35.0 Å². The number of rotatable bonds is 6. The van der Waals surface area contributed by atoms with Gasteiger partial charge in [0.25, 0.3) is 5.91 Å². The van der Waals surface area contributed by atoms with Crippen LogP contribution in [0.5, 0.6) is 11.5 Å². The van der Waals surface area contributed by atoms with Crippen molar-refractivity contribution in [2.75, 3.05) is 13.7 Å². The first kappa shape index (κ1) is 21.0. The number of nitrogens with zero attached hydrogens (tertiary/aromatic N) is 1. The minimum Gasteiger partial charge on any atom is -0.493 e. The molecule has 0 unspecified atom stereocenters. The number of benzene rings is 2. The van der Waals surface area contributed by atoms with E-state index in [-0.39, 0.29) is 22.4 Å². The molecule has 150 valence electrons. The quantitative estimate of drug-likeness (QED) is 0.631. The number of amides is 1. The number of carboxylic acid groups (broad SMARTS) is 1. The number of aliphatic imine (C=N–C) groups is 1. The zero-order valence-electron chi connectivity index (χ0n) is 14.9. The lowest BCUT2D eigenvalue weighted by molar-refractivity contribution is -0.139. The average Bonchev–Trinajstić information content (AvgIpc) is 3.01. The van der Waals surface area contributed by atoms with Crippen molar-refractivity contribution >= 4 is 63.8 Å². The van der Waals surface area contributed by atoms with Gasteiger partial charge < -0.3 is 19.9 Å². The molecule has 0 aliphatic carbocycles. The van der Waals surface area contributed by atoms with Crippen molar-refractivity contribution in [3.05, 3.63) is 56.9 Å². The number of halogens is 2. The number of carbonyl (C=O) groups is 2. The van der Waals surface area contributed by atoms with Gasteiger partial charge in [-0.15, -0.1) is 0 Å². The first-order valence-corrected chi connectivity index (χ1v) is 9.70. The van der Waals surface area contributed by atoms with Crippen molar-refractivity contribution in [2.24, 2.45) is 4.99 Å². The molecule has 0 atom stereocenters. The van der Waals surface area contributed by atoms with Crippen LogP contribution in [0.1, 0.15) is 5.56 Å². The van der Waals surface area contributed by atoms with Crippen LogP contribution in [0.15, 0.2) is 46.3 Å². The van der Waals surface area contributed by atoms with Gasteiger partial charge in [-0.25, -0.2) is 9.79 Å². The normalized spacial score (nSPS) is 16.2. The molecule has 1 saturated heterocycles. The van der Waals surface area contributed by atoms with Gasteiger partial charge in [0.1, 0.15) is 0 Å². The van der Waals surface area contributed by atoms with Crippen LogP contribution in [-0.4, -0.2) is 35.9 Å². The Morgan fingerprint density at radius 3 is 2.66 bits per heavy atom. The molecule has 10 heteroatoms. The standard InChI is InChI=1S/C19H14Cl2N2O5S/c1-27-14-7-10(6-13(21)17(14)28-9-16(24)25)8-15-18(26)23-19(29-15)22-12-4-2-11(20)3-5-12/h2-8H,9H2,1H3,(H,24,25)(H,22,23,26)/b15-8-. The molecule has 0 bridgehead atoms. The number of hydrogen-bond acceptors (Lipinski definition) is 6. The van der Waals surface area contributed by atoms with Gasteiger partial charge in [0, 0.05) is 5.02 Å². The molecule has 7 nitrogen and oxygen atoms in total. The molecule has 1 fully saturated rings. The molecule has 3 rings (SSSR count). The molecule has 0 spiro atoms. The van der Waals surface area contributed by atoms with E-state index in [4.69, 9.17) is 37.8 Å². The van der Waals surface area contributed by atoms with Gasteiger partial charge in [0.2, 0.25) is 0 Å². The summed E-state index contributed by atoms with van der Waals surface area (Å²) < 4.78 is 10.4. The minimum absolute atomic E-state index is 0.118. The summed E-state index contributed by atoms with van der Waals surface area (Å²) in [5.74, 6) is -1.07. The highest BCUT2D eigenvalue weighted by atomic mass is 35.5. The molecule has 2 aromatic rings. The van der Waals surface area contributed by atoms with Crippen LogP contribution < -0.4 is 14.8 Å². The van der Waals surface area contributed by atoms with E-state index in [1.54, 1.807) is 42.5 Å². The summed E-state index contributed by atoms with van der Waals surface area (Å²) in [5.41, 5.74) is 1.24. The fourth-order valence-electron chi connectivity index (χ4n) is 2.36. The van der Waals surface area contributed by atoms with Crippen LogP contribution in [0.25, 0.3) is 6.08 Å². The lowest BCUT2D eigenvalue weighted by Crippen LogP contribution is -2.19. The Morgan fingerprint density at radius 2 is 2.00 bits per heavy atom. The Bertz CT molecular complexity index is 1020. The molecule has 0 aromatic heterocycles. The van der Waals surface area contributed by atoms with Crippen molar-refractivity contribution in [1.82, 2.24) is 5.32 Å². The van der Waals surface area contributed by atoms with E-state index in [0.29, 0.717) is 26.3 Å². The van der Waals surface area contributed by atoms with E-state index < -0.39 is 12.6 Å². The molecule has 0 saturated carbocycles. The zero-order valence-corrected chi connectivity index (χ0v) is 17.3. The van der Waals surface area contributed by atoms with E-state index in [2.05, 4.69) is 10.3 Å². The summed E-state index contributed by atoms with van der Waals surface area (Å²) >= 11 is 13.2. The average molecular weight is 453 g/mol. The Morgan fingerprint density at radius 1 is 1.28 bits per heavy atom. The van der Waals surface area contributed by atoms with Crippen molar-refractivity contribution in [1.29, 1.82) is 0 Å². The summed E-state index contributed by atoms with van der Waals surface area (Å²) in [6.07, 6.45) is 1.62. The second kappa shape index (κ2) is 9.21. The highest BCUT2D eigenvalue weighted by molar-refractivity contribution is 8.18. The predicted octanol–water partition coefficient (Wildman–Crippen LogP) is 4.36. The van der Waals surface area contributed by atoms with Gasteiger partial charge in [-0.05, 0) is 59.8 Å². The molecular formula is C19H14Cl2N2O5S. The van der Waals surface area contributed by atoms with Gasteiger partial charge in [-0.1, -0.05) is 23.2 Å². The van der Waals surface area contributed by atoms with Gasteiger partial charge in [0.15, 0.2) is 23.3 Å². The first-order chi connectivity index (χ1) is 13.9. The molecule has 2 aromatic carbocycles. The fourth-order valence-corrected chi connectivity index (χ4v) is 3.60. The summed E-state index contributed by atoms with van der Waals surface area (Å²) in [5, 5.41) is 12.6. The van der Waals surface area contributed by atoms with Gasteiger partial charge in [-0.2, -0.15) is 0 Å². The minimum atomic E-state index is -1.14. The Hall–Kier alpha value is -2.68. The maximum atomic E-state index is 12.3. The number of hydrogen-bond donors (Lipinski definition) is 2. The van der Waals surface area contributed by atoms with E-state index in [1.807, 2.05) is 0 Å². The number of carboxylic acids is 1. The SMILES string of the molecule is COc1cc(/C=C2\SC(=Nc3ccc(Cl)cc3)NC2=O)cc(Cl)c1OCC(=O)O. The van der Waals surface area contributed by atoms with Crippen molar-refractivity contribution < 1.29 is 24.2 Å². The number of aliphatic carboxylic acids is 1. The number of nitrogens with one attached hydrogen (secondary N) is 1. The van der Waals surface area contributed by atoms with Crippen LogP contribution in [0.2, 0.25) is 10.0 Å². The van der Waals surface area contributed by atoms with Crippen LogP contribution in [0.3, 0.4) is 0 Å². The van der Waals surface area contributed by atoms with Crippen molar-refractivity contribution in [3.63, 3.8) is 0 Å². The summed E-state index contributed by atoms with van der Waals surface area (Å²) in [4.78, 5) is 27.8. The molecule has 1 aliphatic rings. The Balaban J connectivity index is 1.84. The summed E-state index contributed by atoms with van der Waals surface area (Å²) in [7, 11) is 1.41. The molecule has 0 radical (unpaired) electrons.